The van der Waals surface area contributed by atoms with Crippen LogP contribution in [0.15, 0.2) is 15.2 Å². The van der Waals surface area contributed by atoms with Crippen molar-refractivity contribution in [2.75, 3.05) is 6.54 Å². The Labute approximate surface area is 117 Å². The minimum atomic E-state index is -3.88. The fraction of sp³-hybridized carbons (Fsp3) is 0.600. The van der Waals surface area contributed by atoms with Gasteiger partial charge in [-0.15, -0.1) is 11.3 Å². The Morgan fingerprint density at radius 2 is 2.16 bits per heavy atom. The highest BCUT2D eigenvalue weighted by Crippen LogP contribution is 2.42. The van der Waals surface area contributed by atoms with Crippen LogP contribution in [0.4, 0.5) is 0 Å². The zero-order chi connectivity index (χ0) is 14.4. The summed E-state index contributed by atoms with van der Waals surface area (Å²) < 4.78 is 47.1. The predicted octanol–water partition coefficient (Wildman–Crippen LogP) is 0.612. The average molecular weight is 324 g/mol. The van der Waals surface area contributed by atoms with Gasteiger partial charge in [-0.05, 0) is 26.0 Å². The second kappa shape index (κ2) is 4.81. The smallest absolute Gasteiger partial charge is 0.247 e. The maximum Gasteiger partial charge on any atom is 0.247 e. The van der Waals surface area contributed by atoms with Crippen molar-refractivity contribution in [3.8, 4) is 0 Å². The molecule has 108 valence electrons. The third-order valence-electron chi connectivity index (χ3n) is 3.15. The molecule has 1 aliphatic rings. The van der Waals surface area contributed by atoms with Gasteiger partial charge in [0.05, 0.1) is 10.1 Å². The highest BCUT2D eigenvalue weighted by molar-refractivity contribution is 7.93. The summed E-state index contributed by atoms with van der Waals surface area (Å²) in [7, 11) is -7.34. The molecule has 9 heteroatoms. The standard InChI is InChI=1S/C10H16N2O4S3/c1-3-12-7-4-6(2)18(13,14)8-5-9(17-10(7)8)19(11,15)16/h5-7,12H,3-4H2,1-2H3,(H2,11,15,16). The van der Waals surface area contributed by atoms with Gasteiger partial charge in [0.25, 0.3) is 0 Å². The lowest BCUT2D eigenvalue weighted by atomic mass is 10.1. The van der Waals surface area contributed by atoms with Gasteiger partial charge in [-0.3, -0.25) is 0 Å². The average Bonchev–Trinajstić information content (AvgIpc) is 2.72. The van der Waals surface area contributed by atoms with Gasteiger partial charge in [0.1, 0.15) is 4.21 Å². The summed E-state index contributed by atoms with van der Waals surface area (Å²) >= 11 is 0.940. The summed E-state index contributed by atoms with van der Waals surface area (Å²) in [6.07, 6.45) is 0.438. The number of thiophene rings is 1. The van der Waals surface area contributed by atoms with E-state index < -0.39 is 25.1 Å². The number of rotatable bonds is 3. The summed E-state index contributed by atoms with van der Waals surface area (Å²) in [4.78, 5) is 0.648. The lowest BCUT2D eigenvalue weighted by Crippen LogP contribution is -2.33. The van der Waals surface area contributed by atoms with E-state index in [4.69, 9.17) is 5.14 Å². The van der Waals surface area contributed by atoms with Crippen LogP contribution in [-0.4, -0.2) is 28.6 Å². The minimum Gasteiger partial charge on any atom is -0.309 e. The first kappa shape index (κ1) is 14.9. The Balaban J connectivity index is 2.64. The summed E-state index contributed by atoms with van der Waals surface area (Å²) in [5.74, 6) is 0. The van der Waals surface area contributed by atoms with Crippen molar-refractivity contribution in [3.05, 3.63) is 10.9 Å². The van der Waals surface area contributed by atoms with Gasteiger partial charge in [-0.1, -0.05) is 6.92 Å². The third kappa shape index (κ3) is 2.57. The lowest BCUT2D eigenvalue weighted by molar-refractivity contribution is 0.481. The fourth-order valence-electron chi connectivity index (χ4n) is 2.18. The molecule has 1 aliphatic heterocycles. The van der Waals surface area contributed by atoms with E-state index in [2.05, 4.69) is 5.32 Å². The zero-order valence-electron chi connectivity index (χ0n) is 10.6. The van der Waals surface area contributed by atoms with Crippen LogP contribution in [0.1, 0.15) is 31.2 Å². The third-order valence-corrected chi connectivity index (χ3v) is 8.15. The highest BCUT2D eigenvalue weighted by Gasteiger charge is 2.38. The molecule has 6 nitrogen and oxygen atoms in total. The van der Waals surface area contributed by atoms with Crippen LogP contribution in [0.2, 0.25) is 0 Å². The molecule has 0 saturated heterocycles. The second-order valence-electron chi connectivity index (χ2n) is 4.54. The van der Waals surface area contributed by atoms with Crippen molar-refractivity contribution < 1.29 is 16.8 Å². The molecule has 2 heterocycles. The normalized spacial score (nSPS) is 26.1. The number of fused-ring (bicyclic) bond motifs is 1. The van der Waals surface area contributed by atoms with Crippen LogP contribution < -0.4 is 10.5 Å². The molecule has 0 bridgehead atoms. The van der Waals surface area contributed by atoms with Crippen LogP contribution >= 0.6 is 11.3 Å². The number of primary sulfonamides is 1. The van der Waals surface area contributed by atoms with Crippen LogP contribution in [0.3, 0.4) is 0 Å². The van der Waals surface area contributed by atoms with Crippen LogP contribution in [0, 0.1) is 0 Å². The molecule has 0 amide bonds. The Kier molecular flexibility index (Phi) is 3.78. The number of sulfonamides is 1. The van der Waals surface area contributed by atoms with Gasteiger partial charge >= 0.3 is 0 Å². The van der Waals surface area contributed by atoms with Crippen molar-refractivity contribution in [1.82, 2.24) is 5.32 Å². The van der Waals surface area contributed by atoms with Crippen LogP contribution in [0.5, 0.6) is 0 Å². The van der Waals surface area contributed by atoms with Gasteiger partial charge in [0.2, 0.25) is 10.0 Å². The number of nitrogens with one attached hydrogen (secondary N) is 1. The molecule has 3 N–H and O–H groups in total. The first-order valence-electron chi connectivity index (χ1n) is 5.81. The van der Waals surface area contributed by atoms with Crippen molar-refractivity contribution in [1.29, 1.82) is 0 Å². The Hall–Kier alpha value is -0.480. The number of hydrogen-bond donors (Lipinski definition) is 2. The quantitative estimate of drug-likeness (QED) is 0.847. The van der Waals surface area contributed by atoms with Crippen molar-refractivity contribution in [3.63, 3.8) is 0 Å². The summed E-state index contributed by atoms with van der Waals surface area (Å²) in [5, 5.41) is 7.73. The molecule has 2 atom stereocenters. The molecule has 2 unspecified atom stereocenters. The van der Waals surface area contributed by atoms with Crippen molar-refractivity contribution >= 4 is 31.2 Å². The molecule has 1 aromatic rings. The largest absolute Gasteiger partial charge is 0.309 e. The first-order valence-corrected chi connectivity index (χ1v) is 9.72. The second-order valence-corrected chi connectivity index (χ2v) is 9.75. The molecular formula is C10H16N2O4S3. The van der Waals surface area contributed by atoms with Crippen LogP contribution in [-0.2, 0) is 19.9 Å². The van der Waals surface area contributed by atoms with Gasteiger partial charge < -0.3 is 5.32 Å². The number of sulfone groups is 1. The molecule has 19 heavy (non-hydrogen) atoms. The molecule has 0 saturated carbocycles. The fourth-order valence-corrected chi connectivity index (χ4v) is 6.27. The van der Waals surface area contributed by atoms with Crippen LogP contribution in [0.25, 0.3) is 0 Å². The predicted molar refractivity (Wildman–Crippen MR) is 73.4 cm³/mol. The van der Waals surface area contributed by atoms with Gasteiger partial charge in [0.15, 0.2) is 9.84 Å². The first-order chi connectivity index (χ1) is 8.67. The molecule has 0 aliphatic carbocycles. The minimum absolute atomic E-state index is 0.0990. The highest BCUT2D eigenvalue weighted by atomic mass is 32.2. The Morgan fingerprint density at radius 1 is 1.53 bits per heavy atom. The Morgan fingerprint density at radius 3 is 2.68 bits per heavy atom. The number of hydrogen-bond acceptors (Lipinski definition) is 6. The van der Waals surface area contributed by atoms with Gasteiger partial charge in [-0.2, -0.15) is 0 Å². The van der Waals surface area contributed by atoms with E-state index in [0.717, 1.165) is 11.3 Å². The van der Waals surface area contributed by atoms with E-state index in [1.807, 2.05) is 6.92 Å². The summed E-state index contributed by atoms with van der Waals surface area (Å²) in [6, 6.07) is 1.05. The lowest BCUT2D eigenvalue weighted by Gasteiger charge is -2.27. The van der Waals surface area contributed by atoms with E-state index >= 15 is 0 Å². The molecule has 1 aromatic heterocycles. The molecule has 2 rings (SSSR count). The molecule has 0 fully saturated rings. The monoisotopic (exact) mass is 324 g/mol. The van der Waals surface area contributed by atoms with E-state index in [1.165, 1.54) is 6.07 Å². The van der Waals surface area contributed by atoms with E-state index in [1.54, 1.807) is 6.92 Å². The van der Waals surface area contributed by atoms with Crippen molar-refractivity contribution in [2.45, 2.75) is 40.7 Å². The Bertz CT molecular complexity index is 690. The maximum atomic E-state index is 12.2. The van der Waals surface area contributed by atoms with Gasteiger partial charge in [-0.25, -0.2) is 22.0 Å². The topological polar surface area (TPSA) is 106 Å². The van der Waals surface area contributed by atoms with E-state index in [0.29, 0.717) is 17.8 Å². The summed E-state index contributed by atoms with van der Waals surface area (Å²) in [6.45, 7) is 4.23. The van der Waals surface area contributed by atoms with Crippen molar-refractivity contribution in [2.24, 2.45) is 5.14 Å². The van der Waals surface area contributed by atoms with E-state index in [-0.39, 0.29) is 15.1 Å². The SMILES string of the molecule is CCNC1CC(C)S(=O)(=O)c2cc(S(N)(=O)=O)sc21. The zero-order valence-corrected chi connectivity index (χ0v) is 13.0. The molecule has 0 spiro atoms. The molecule has 0 radical (unpaired) electrons. The number of nitrogens with two attached hydrogens (primary N) is 1. The maximum absolute atomic E-state index is 12.2. The molecule has 0 aromatic carbocycles. The van der Waals surface area contributed by atoms with Gasteiger partial charge in [0, 0.05) is 10.9 Å². The molecular weight excluding hydrogens is 308 g/mol. The summed E-state index contributed by atoms with van der Waals surface area (Å²) in [5.41, 5.74) is 0. The van der Waals surface area contributed by atoms with E-state index in [9.17, 15) is 16.8 Å².